The van der Waals surface area contributed by atoms with Gasteiger partial charge in [-0.2, -0.15) is 0 Å². The Bertz CT molecular complexity index is 287. The molecule has 1 N–H and O–H groups in total. The predicted molar refractivity (Wildman–Crippen MR) is 59.7 cm³/mol. The number of β-amino-alcohol motifs (C(OH)–C–C–N with tert-alkyl or cyclic N) is 1. The van der Waals surface area contributed by atoms with E-state index in [9.17, 15) is 0 Å². The molecule has 82 valence electrons. The van der Waals surface area contributed by atoms with E-state index >= 15 is 0 Å². The van der Waals surface area contributed by atoms with Crippen LogP contribution < -0.4 is 0 Å². The van der Waals surface area contributed by atoms with E-state index in [1.165, 1.54) is 18.5 Å². The molecule has 0 spiro atoms. The molecular formula is C12H18N2O. The highest BCUT2D eigenvalue weighted by Crippen LogP contribution is 2.24. The van der Waals surface area contributed by atoms with Crippen molar-refractivity contribution < 1.29 is 5.11 Å². The number of aliphatic hydroxyl groups excluding tert-OH is 1. The summed E-state index contributed by atoms with van der Waals surface area (Å²) < 4.78 is 0. The summed E-state index contributed by atoms with van der Waals surface area (Å²) >= 11 is 0. The molecule has 3 nitrogen and oxygen atoms in total. The molecule has 3 heteroatoms. The van der Waals surface area contributed by atoms with Gasteiger partial charge in [-0.05, 0) is 31.5 Å². The summed E-state index contributed by atoms with van der Waals surface area (Å²) in [5.41, 5.74) is 1.19. The molecule has 1 atom stereocenters. The molecule has 1 aromatic rings. The van der Waals surface area contributed by atoms with Crippen molar-refractivity contribution in [1.82, 2.24) is 9.88 Å². The van der Waals surface area contributed by atoms with Gasteiger partial charge >= 0.3 is 0 Å². The van der Waals surface area contributed by atoms with Crippen LogP contribution in [0.4, 0.5) is 0 Å². The number of nitrogens with zero attached hydrogens (tertiary/aromatic N) is 2. The van der Waals surface area contributed by atoms with E-state index in [2.05, 4.69) is 16.0 Å². The van der Waals surface area contributed by atoms with E-state index < -0.39 is 0 Å². The summed E-state index contributed by atoms with van der Waals surface area (Å²) in [6.07, 6.45) is 4.29. The smallest absolute Gasteiger partial charge is 0.0558 e. The third-order valence-electron chi connectivity index (χ3n) is 3.03. The molecule has 15 heavy (non-hydrogen) atoms. The highest BCUT2D eigenvalue weighted by Gasteiger charge is 2.21. The van der Waals surface area contributed by atoms with Gasteiger partial charge in [-0.3, -0.25) is 4.98 Å². The van der Waals surface area contributed by atoms with Crippen LogP contribution in [0, 0.1) is 0 Å². The summed E-state index contributed by atoms with van der Waals surface area (Å²) in [5.74, 6) is 0.548. The van der Waals surface area contributed by atoms with Crippen molar-refractivity contribution >= 4 is 0 Å². The van der Waals surface area contributed by atoms with Gasteiger partial charge in [-0.25, -0.2) is 0 Å². The maximum Gasteiger partial charge on any atom is 0.0558 e. The van der Waals surface area contributed by atoms with Gasteiger partial charge in [0, 0.05) is 30.9 Å². The Balaban J connectivity index is 1.98. The molecule has 0 radical (unpaired) electrons. The molecule has 0 aliphatic carbocycles. The normalized spacial score (nSPS) is 22.9. The van der Waals surface area contributed by atoms with Crippen molar-refractivity contribution in [3.05, 3.63) is 30.1 Å². The standard InChI is InChI=1S/C12H18N2O/c15-9-8-14-7-3-4-11(10-14)12-5-1-2-6-13-12/h1-2,5-6,11,15H,3-4,7-10H2. The van der Waals surface area contributed by atoms with Crippen LogP contribution in [0.5, 0.6) is 0 Å². The van der Waals surface area contributed by atoms with Crippen molar-refractivity contribution in [2.24, 2.45) is 0 Å². The highest BCUT2D eigenvalue weighted by atomic mass is 16.3. The number of piperidine rings is 1. The van der Waals surface area contributed by atoms with Crippen LogP contribution in [0.25, 0.3) is 0 Å². The molecule has 1 unspecified atom stereocenters. The lowest BCUT2D eigenvalue weighted by Gasteiger charge is -2.31. The van der Waals surface area contributed by atoms with Crippen LogP contribution in [0.3, 0.4) is 0 Å². The van der Waals surface area contributed by atoms with Crippen molar-refractivity contribution in [3.8, 4) is 0 Å². The number of likely N-dealkylation sites (tertiary alicyclic amines) is 1. The van der Waals surface area contributed by atoms with Crippen LogP contribution in [0.1, 0.15) is 24.5 Å². The Hall–Kier alpha value is -0.930. The number of hydrogen-bond donors (Lipinski definition) is 1. The summed E-state index contributed by atoms with van der Waals surface area (Å²) in [5, 5.41) is 8.92. The predicted octanol–water partition coefficient (Wildman–Crippen LogP) is 1.25. The largest absolute Gasteiger partial charge is 0.395 e. The first-order chi connectivity index (χ1) is 7.40. The Morgan fingerprint density at radius 1 is 1.47 bits per heavy atom. The van der Waals surface area contributed by atoms with E-state index in [0.717, 1.165) is 19.6 Å². The topological polar surface area (TPSA) is 36.4 Å². The molecule has 1 saturated heterocycles. The fraction of sp³-hybridized carbons (Fsp3) is 0.583. The fourth-order valence-electron chi connectivity index (χ4n) is 2.26. The first-order valence-corrected chi connectivity index (χ1v) is 5.64. The molecule has 0 saturated carbocycles. The Kier molecular flexibility index (Phi) is 3.69. The number of rotatable bonds is 3. The quantitative estimate of drug-likeness (QED) is 0.808. The second-order valence-corrected chi connectivity index (χ2v) is 4.12. The molecule has 1 aromatic heterocycles. The second-order valence-electron chi connectivity index (χ2n) is 4.12. The molecule has 0 amide bonds. The average Bonchev–Trinajstić information content (AvgIpc) is 2.31. The van der Waals surface area contributed by atoms with Crippen LogP contribution >= 0.6 is 0 Å². The Morgan fingerprint density at radius 3 is 3.13 bits per heavy atom. The number of aromatic nitrogens is 1. The first kappa shape index (κ1) is 10.6. The lowest BCUT2D eigenvalue weighted by molar-refractivity contribution is 0.160. The average molecular weight is 206 g/mol. The minimum Gasteiger partial charge on any atom is -0.395 e. The number of aliphatic hydroxyl groups is 1. The van der Waals surface area contributed by atoms with Gasteiger partial charge < -0.3 is 10.0 Å². The van der Waals surface area contributed by atoms with Gasteiger partial charge in [0.2, 0.25) is 0 Å². The zero-order valence-corrected chi connectivity index (χ0v) is 8.97. The van der Waals surface area contributed by atoms with Gasteiger partial charge in [0.25, 0.3) is 0 Å². The minimum atomic E-state index is 0.259. The third-order valence-corrected chi connectivity index (χ3v) is 3.03. The molecule has 1 aliphatic rings. The van der Waals surface area contributed by atoms with Crippen LogP contribution in [-0.2, 0) is 0 Å². The van der Waals surface area contributed by atoms with Gasteiger partial charge in [0.1, 0.15) is 0 Å². The molecule has 1 aliphatic heterocycles. The van der Waals surface area contributed by atoms with Gasteiger partial charge in [-0.15, -0.1) is 0 Å². The summed E-state index contributed by atoms with van der Waals surface area (Å²) in [6, 6.07) is 6.11. The Labute approximate surface area is 90.8 Å². The number of pyridine rings is 1. The van der Waals surface area contributed by atoms with E-state index in [0.29, 0.717) is 5.92 Å². The maximum atomic E-state index is 8.92. The molecule has 0 aromatic carbocycles. The monoisotopic (exact) mass is 206 g/mol. The molecular weight excluding hydrogens is 188 g/mol. The van der Waals surface area contributed by atoms with Crippen molar-refractivity contribution in [1.29, 1.82) is 0 Å². The lowest BCUT2D eigenvalue weighted by atomic mass is 9.94. The van der Waals surface area contributed by atoms with Crippen molar-refractivity contribution in [2.45, 2.75) is 18.8 Å². The minimum absolute atomic E-state index is 0.259. The highest BCUT2D eigenvalue weighted by molar-refractivity contribution is 5.10. The van der Waals surface area contributed by atoms with Crippen LogP contribution in [-0.4, -0.2) is 41.2 Å². The molecule has 1 fully saturated rings. The number of hydrogen-bond acceptors (Lipinski definition) is 3. The Morgan fingerprint density at radius 2 is 2.40 bits per heavy atom. The van der Waals surface area contributed by atoms with Crippen molar-refractivity contribution in [2.75, 3.05) is 26.2 Å². The van der Waals surface area contributed by atoms with E-state index in [4.69, 9.17) is 5.11 Å². The lowest BCUT2D eigenvalue weighted by Crippen LogP contribution is -2.36. The summed E-state index contributed by atoms with van der Waals surface area (Å²) in [6.45, 7) is 3.21. The fourth-order valence-corrected chi connectivity index (χ4v) is 2.26. The van der Waals surface area contributed by atoms with E-state index in [-0.39, 0.29) is 6.61 Å². The van der Waals surface area contributed by atoms with E-state index in [1.807, 2.05) is 18.3 Å². The van der Waals surface area contributed by atoms with Crippen molar-refractivity contribution in [3.63, 3.8) is 0 Å². The molecule has 2 heterocycles. The zero-order valence-electron chi connectivity index (χ0n) is 8.97. The van der Waals surface area contributed by atoms with Crippen LogP contribution in [0.15, 0.2) is 24.4 Å². The van der Waals surface area contributed by atoms with Gasteiger partial charge in [0.15, 0.2) is 0 Å². The maximum absolute atomic E-state index is 8.92. The summed E-state index contributed by atoms with van der Waals surface area (Å²) in [4.78, 5) is 6.73. The second kappa shape index (κ2) is 5.24. The third kappa shape index (κ3) is 2.76. The molecule has 2 rings (SSSR count). The molecule has 0 bridgehead atoms. The van der Waals surface area contributed by atoms with Crippen LogP contribution in [0.2, 0.25) is 0 Å². The zero-order chi connectivity index (χ0) is 10.5. The van der Waals surface area contributed by atoms with E-state index in [1.54, 1.807) is 0 Å². The SMILES string of the molecule is OCCN1CCCC(c2ccccn2)C1. The van der Waals surface area contributed by atoms with Gasteiger partial charge in [0.05, 0.1) is 6.61 Å². The van der Waals surface area contributed by atoms with Gasteiger partial charge in [-0.1, -0.05) is 6.07 Å². The summed E-state index contributed by atoms with van der Waals surface area (Å²) in [7, 11) is 0. The first-order valence-electron chi connectivity index (χ1n) is 5.64.